The zero-order valence-electron chi connectivity index (χ0n) is 143. The Morgan fingerprint density at radius 1 is 0.298 bits per heavy atom. The van der Waals surface area contributed by atoms with Crippen molar-refractivity contribution in [2.75, 3.05) is 164 Å². The van der Waals surface area contributed by atoms with Gasteiger partial charge in [-0.2, -0.15) is 0 Å². The van der Waals surface area contributed by atoms with Crippen molar-refractivity contribution in [2.24, 2.45) is 69.4 Å². The molecule has 0 aliphatic carbocycles. The van der Waals surface area contributed by atoms with Crippen LogP contribution in [0.15, 0.2) is 72.8 Å². The molecule has 12 aliphatic rings. The molecule has 12 heterocycles. The van der Waals surface area contributed by atoms with Crippen molar-refractivity contribution in [3.8, 4) is 69.0 Å². The lowest BCUT2D eigenvalue weighted by Crippen LogP contribution is -2.48. The van der Waals surface area contributed by atoms with Gasteiger partial charge in [0.05, 0.1) is 149 Å². The van der Waals surface area contributed by atoms with Crippen molar-refractivity contribution in [1.29, 1.82) is 0 Å². The molecule has 786 valence electrons. The summed E-state index contributed by atoms with van der Waals surface area (Å²) in [6.07, 6.45) is -41.2. The van der Waals surface area contributed by atoms with Gasteiger partial charge in [-0.3, -0.25) is 29.4 Å². The molecule has 24 heteroatoms. The SMILES string of the molecule is [2H]C([2H])([2H])C(C)(C([2H])([2H])[2H])C([2H])([2H])C1([2H])CN2CCc3cc(OC)c(OC)cc3C2([2H])C([2H])([2H])C1([2H])O.[2H]C([2H])([2H])Oc1cc2c(cc1OC)CCN1CC(C([2H])([2H])C(C)(C([2H])([2H])[2H])C([2H])([2H])[2H])C(O)CC21[2H].[2H]C([2H])([2H])Oc1cc2c(cc1OC)CCN1CC([2H])(C([2H])([2H])C(C)(C([2H])([2H])[2H])C([2H])([2H])[2H])C([2H])(O)C([2H])([2H])C21[2H].[2H]C([2H])([2H])Oc1cc2c(cc1OC)CCN1CC([2H])(CC(C)C)C([2H])(O)C([2H])([2H])C21[2H].[2H]C1(CC(C)C)CN2CCc3cc(OC)c(OC)cc3C2([2H])C([2H])([2H])C1([2H])O.[2H]C1(CC(C)C)CN2CCc3cc(OC)c(OC)cc3C2([2H])C([2H])([2H])C1([2H])O. The molecular formula is C117H180N6O18. The largest absolute Gasteiger partial charge is 0.493 e. The molecule has 0 bridgehead atoms. The average molecular weight is 2020 g/mol. The molecule has 6 N–H and O–H groups in total. The smallest absolute Gasteiger partial charge is 0.161 e. The van der Waals surface area contributed by atoms with Gasteiger partial charge in [0.15, 0.2) is 69.0 Å². The topological polar surface area (TPSA) is 252 Å². The van der Waals surface area contributed by atoms with Crippen LogP contribution < -0.4 is 56.8 Å². The molecule has 141 heavy (non-hydrogen) atoms. The lowest BCUT2D eigenvalue weighted by atomic mass is 9.75. The zero-order valence-corrected chi connectivity index (χ0v) is 83.6. The van der Waals surface area contributed by atoms with Crippen molar-refractivity contribution < 1.29 is 168 Å². The van der Waals surface area contributed by atoms with Crippen molar-refractivity contribution in [3.05, 3.63) is 140 Å². The Bertz CT molecular complexity index is 7770. The quantitative estimate of drug-likeness (QED) is 0.0392. The highest BCUT2D eigenvalue weighted by atomic mass is 16.5. The molecule has 24 nitrogen and oxygen atoms in total. The number of benzene rings is 6. The molecule has 18 unspecified atom stereocenters. The number of piperidine rings is 6. The number of rotatable bonds is 21. The second-order valence-electron chi connectivity index (χ2n) is 38.2. The van der Waals surface area contributed by atoms with Crippen LogP contribution in [0.25, 0.3) is 0 Å². The molecular weight excluding hydrogens is 1780 g/mol. The number of nitrogens with zero attached hydrogens (tertiary/aromatic N) is 6. The minimum absolute atomic E-state index is 0.00448. The van der Waals surface area contributed by atoms with E-state index in [9.17, 15) is 36.1 Å². The van der Waals surface area contributed by atoms with Crippen molar-refractivity contribution in [3.63, 3.8) is 0 Å². The van der Waals surface area contributed by atoms with Crippen LogP contribution >= 0.6 is 0 Å². The van der Waals surface area contributed by atoms with E-state index in [-0.39, 0.29) is 165 Å². The first kappa shape index (κ1) is 56.0. The third-order valence-corrected chi connectivity index (χ3v) is 25.9. The molecule has 0 aromatic heterocycles. The van der Waals surface area contributed by atoms with Crippen LogP contribution in [0.4, 0.5) is 0 Å². The second-order valence-corrected chi connectivity index (χ2v) is 38.2. The molecule has 12 aliphatic heterocycles. The summed E-state index contributed by atoms with van der Waals surface area (Å²) >= 11 is 0. The lowest BCUT2D eigenvalue weighted by Gasteiger charge is -2.47. The van der Waals surface area contributed by atoms with Crippen LogP contribution in [0.1, 0.15) is 364 Å². The van der Waals surface area contributed by atoms with Gasteiger partial charge in [-0.05, 0) is 324 Å². The van der Waals surface area contributed by atoms with Crippen LogP contribution in [0.3, 0.4) is 0 Å². The molecule has 6 aromatic carbocycles. The van der Waals surface area contributed by atoms with Gasteiger partial charge in [-0.25, -0.2) is 0 Å². The fourth-order valence-corrected chi connectivity index (χ4v) is 19.5. The predicted octanol–water partition coefficient (Wildman–Crippen LogP) is 19.3. The summed E-state index contributed by atoms with van der Waals surface area (Å²) in [6.45, 7) is -9.31. The number of methoxy groups -OCH3 is 12. The number of hydrogen-bond donors (Lipinski definition) is 6. The van der Waals surface area contributed by atoms with Crippen LogP contribution in [0, 0.1) is 69.4 Å². The fourth-order valence-electron chi connectivity index (χ4n) is 19.5. The zero-order chi connectivity index (χ0) is 154. The first-order valence-corrected chi connectivity index (χ1v) is 47.1. The van der Waals surface area contributed by atoms with E-state index in [1.165, 1.54) is 105 Å². The van der Waals surface area contributed by atoms with Crippen molar-refractivity contribution >= 4 is 0 Å². The highest BCUT2D eigenvalue weighted by Crippen LogP contribution is 2.53. The molecule has 18 atom stereocenters. The van der Waals surface area contributed by atoms with Gasteiger partial charge in [-0.15, -0.1) is 0 Å². The number of aliphatic hydroxyl groups excluding tert-OH is 1. The van der Waals surface area contributed by atoms with Crippen LogP contribution in [-0.4, -0.2) is 260 Å². The molecule has 6 aromatic rings. The Morgan fingerprint density at radius 2 is 0.496 bits per heavy atom. The summed E-state index contributed by atoms with van der Waals surface area (Å²) in [5.41, 5.74) is -5.19. The third-order valence-electron chi connectivity index (χ3n) is 25.9. The van der Waals surface area contributed by atoms with E-state index in [1.807, 2.05) is 41.5 Å². The van der Waals surface area contributed by atoms with E-state index in [2.05, 4.69) is 0 Å². The first-order valence-electron chi connectivity index (χ1n) is 76.6. The van der Waals surface area contributed by atoms with E-state index < -0.39 is 256 Å². The maximum Gasteiger partial charge on any atom is 0.161 e. The maximum atomic E-state index is 11.4. The number of hydrogen-bond acceptors (Lipinski definition) is 24. The van der Waals surface area contributed by atoms with Gasteiger partial charge < -0.3 is 87.5 Å². The van der Waals surface area contributed by atoms with E-state index in [4.69, 9.17) is 132 Å². The predicted molar refractivity (Wildman–Crippen MR) is 561 cm³/mol. The molecule has 0 amide bonds. The fraction of sp³-hybridized carbons (Fsp3) is 0.692. The van der Waals surface area contributed by atoms with Gasteiger partial charge in [-0.1, -0.05) is 103 Å². The summed E-state index contributed by atoms with van der Waals surface area (Å²) < 4.78 is 554. The lowest BCUT2D eigenvalue weighted by molar-refractivity contribution is -0.0259. The normalized spacial score (nSPS) is 44.8. The molecule has 6 fully saturated rings. The van der Waals surface area contributed by atoms with Crippen LogP contribution in [0.5, 0.6) is 69.0 Å². The van der Waals surface area contributed by atoms with Gasteiger partial charge in [0.2, 0.25) is 0 Å². The Labute approximate surface area is 929 Å². The molecule has 6 saturated heterocycles. The second kappa shape index (κ2) is 48.4. The Kier molecular flexibility index (Phi) is 19.2. The van der Waals surface area contributed by atoms with E-state index >= 15 is 0 Å². The minimum Gasteiger partial charge on any atom is -0.493 e. The monoisotopic (exact) mass is 2020 g/mol. The van der Waals surface area contributed by atoms with E-state index in [0.717, 1.165) is 33.9 Å². The number of ether oxygens (including phenoxy) is 12. The van der Waals surface area contributed by atoms with Crippen molar-refractivity contribution in [1.82, 2.24) is 29.4 Å². The molecule has 0 radical (unpaired) electrons. The third kappa shape index (κ3) is 26.9. The van der Waals surface area contributed by atoms with Gasteiger partial charge >= 0.3 is 0 Å². The summed E-state index contributed by atoms with van der Waals surface area (Å²) in [5, 5.41) is 67.1. The number of aliphatic hydroxyl groups is 6. The summed E-state index contributed by atoms with van der Waals surface area (Å²) in [6, 6.07) is 4.32. The van der Waals surface area contributed by atoms with E-state index in [1.54, 1.807) is 45.0 Å². The summed E-state index contributed by atoms with van der Waals surface area (Å²) in [7, 11) is 4.05. The molecule has 18 rings (SSSR count). The Balaban J connectivity index is 0.000000193. The minimum atomic E-state index is -3.92. The van der Waals surface area contributed by atoms with Gasteiger partial charge in [0, 0.05) is 168 Å². The Morgan fingerprint density at radius 3 is 0.716 bits per heavy atom. The summed E-state index contributed by atoms with van der Waals surface area (Å²) in [5.74, 6) is -12.0. The highest BCUT2D eigenvalue weighted by molar-refractivity contribution is 5.55. The molecule has 0 spiro atoms. The summed E-state index contributed by atoms with van der Waals surface area (Å²) in [4.78, 5) is 8.21. The average Bonchev–Trinajstić information content (AvgIpc) is 0.655. The van der Waals surface area contributed by atoms with Crippen molar-refractivity contribution in [2.45, 2.75) is 291 Å². The van der Waals surface area contributed by atoms with E-state index in [0.29, 0.717) is 115 Å². The maximum absolute atomic E-state index is 11.4. The first-order chi connectivity index (χ1) is 89.8. The van der Waals surface area contributed by atoms with Gasteiger partial charge in [0.1, 0.15) is 0 Å². The van der Waals surface area contributed by atoms with Crippen LogP contribution in [0.2, 0.25) is 0 Å². The Hall–Kier alpha value is -7.56. The standard InChI is InChI=1S/3C20H31NO3.3C19H29NO3/c3*1-20(2,3)11-14-12-21-7-6-13-8-18(23-4)19(24-5)9-15(13)16(21)10-17(14)22;3*1-12(2)7-14-11-20-6-5-13-8-18(22-3)19(23-4)9-15(13)16(20)10-17(14)21/h3*8-9,14,16-17,22H,6-7,10-12H2,1-5H3;3*8-9,12,14,16-17,21H,5-7,10-11H2,1-4H3/i1D3,2D3,5D3,10D2,11D2,14D,16D,17D;1D3,2D3,10D2,11D2,14D,16D,17D;1D3,2D3,5D3,11D2,16D;4D3,10D2,14D,16D,17D;2*10D2,14D,16D,17D. The van der Waals surface area contributed by atoms with Crippen LogP contribution in [-0.2, 0) is 38.5 Å². The number of fused-ring (bicyclic) bond motifs is 18. The molecule has 0 saturated carbocycles. The highest BCUT2D eigenvalue weighted by Gasteiger charge is 2.47. The van der Waals surface area contributed by atoms with Gasteiger partial charge in [0.25, 0.3) is 0 Å².